The Bertz CT molecular complexity index is 1330. The van der Waals surface area contributed by atoms with Crippen molar-refractivity contribution in [2.45, 2.75) is 32.9 Å². The van der Waals surface area contributed by atoms with E-state index in [0.29, 0.717) is 22.4 Å². The van der Waals surface area contributed by atoms with E-state index in [0.717, 1.165) is 16.1 Å². The molecule has 1 atom stereocenters. The van der Waals surface area contributed by atoms with Crippen LogP contribution >= 0.6 is 0 Å². The molecule has 3 rings (SSSR count). The summed E-state index contributed by atoms with van der Waals surface area (Å²) in [5, 5.41) is 2.62. The smallest absolute Gasteiger partial charge is 0.244 e. The number of hydrogen-bond donors (Lipinski definition) is 1. The maximum absolute atomic E-state index is 13.9. The Morgan fingerprint density at radius 3 is 2.03 bits per heavy atom. The number of anilines is 1. The summed E-state index contributed by atoms with van der Waals surface area (Å²) in [6.45, 7) is 3.07. The predicted molar refractivity (Wildman–Crippen MR) is 143 cm³/mol. The molecule has 0 radical (unpaired) electrons. The number of hydrogen-bond acceptors (Lipinski definition) is 4. The summed E-state index contributed by atoms with van der Waals surface area (Å²) in [6.07, 6.45) is 1.27. The number of aryl methyl sites for hydroxylation is 2. The van der Waals surface area contributed by atoms with Gasteiger partial charge in [0.25, 0.3) is 0 Å². The van der Waals surface area contributed by atoms with Crippen LogP contribution in [0, 0.1) is 19.7 Å². The minimum Gasteiger partial charge on any atom is -0.357 e. The molecule has 37 heavy (non-hydrogen) atoms. The molecule has 3 aromatic carbocycles. The second-order valence-electron chi connectivity index (χ2n) is 8.98. The number of sulfonamides is 1. The van der Waals surface area contributed by atoms with E-state index < -0.39 is 40.2 Å². The number of nitrogens with one attached hydrogen (secondary N) is 1. The molecule has 0 spiro atoms. The number of amides is 2. The molecule has 2 amide bonds. The molecule has 7 nitrogen and oxygen atoms in total. The fourth-order valence-corrected chi connectivity index (χ4v) is 5.25. The molecular weight excluding hydrogens is 493 g/mol. The third-order valence-corrected chi connectivity index (χ3v) is 7.26. The van der Waals surface area contributed by atoms with Crippen molar-refractivity contribution in [2.75, 3.05) is 24.2 Å². The molecule has 0 aliphatic carbocycles. The number of benzene rings is 3. The highest BCUT2D eigenvalue weighted by Gasteiger charge is 2.33. The summed E-state index contributed by atoms with van der Waals surface area (Å²) >= 11 is 0. The second kappa shape index (κ2) is 12.0. The lowest BCUT2D eigenvalue weighted by Crippen LogP contribution is -2.53. The first kappa shape index (κ1) is 27.9. The van der Waals surface area contributed by atoms with Crippen molar-refractivity contribution in [1.82, 2.24) is 10.2 Å². The molecule has 9 heteroatoms. The Hall–Kier alpha value is -3.72. The quantitative estimate of drug-likeness (QED) is 0.438. The molecule has 1 N–H and O–H groups in total. The van der Waals surface area contributed by atoms with Crippen LogP contribution in [0.1, 0.15) is 22.3 Å². The molecule has 0 heterocycles. The van der Waals surface area contributed by atoms with Crippen LogP contribution in [-0.4, -0.2) is 51.0 Å². The summed E-state index contributed by atoms with van der Waals surface area (Å²) in [5.74, 6) is -1.37. The van der Waals surface area contributed by atoms with Crippen molar-refractivity contribution < 1.29 is 22.4 Å². The fraction of sp³-hybridized carbons (Fsp3) is 0.286. The van der Waals surface area contributed by atoms with Crippen molar-refractivity contribution >= 4 is 27.5 Å². The molecule has 1 unspecified atom stereocenters. The van der Waals surface area contributed by atoms with Crippen LogP contribution in [0.3, 0.4) is 0 Å². The van der Waals surface area contributed by atoms with E-state index in [1.165, 1.54) is 24.1 Å². The highest BCUT2D eigenvalue weighted by atomic mass is 32.2. The van der Waals surface area contributed by atoms with E-state index >= 15 is 0 Å². The molecule has 0 aliphatic heterocycles. The molecule has 0 saturated heterocycles. The molecule has 0 aliphatic rings. The van der Waals surface area contributed by atoms with Gasteiger partial charge in [-0.1, -0.05) is 60.7 Å². The van der Waals surface area contributed by atoms with Gasteiger partial charge in [-0.15, -0.1) is 0 Å². The molecule has 0 aromatic heterocycles. The van der Waals surface area contributed by atoms with Gasteiger partial charge in [0.1, 0.15) is 18.4 Å². The molecule has 196 valence electrons. The van der Waals surface area contributed by atoms with E-state index in [2.05, 4.69) is 5.32 Å². The number of para-hydroxylation sites is 1. The normalized spacial score (nSPS) is 12.0. The van der Waals surface area contributed by atoms with Crippen LogP contribution in [0.5, 0.6) is 0 Å². The van der Waals surface area contributed by atoms with Crippen molar-refractivity contribution in [2.24, 2.45) is 0 Å². The topological polar surface area (TPSA) is 86.8 Å². The monoisotopic (exact) mass is 525 g/mol. The van der Waals surface area contributed by atoms with E-state index in [4.69, 9.17) is 0 Å². The van der Waals surface area contributed by atoms with E-state index in [1.807, 2.05) is 36.4 Å². The zero-order valence-electron chi connectivity index (χ0n) is 21.4. The van der Waals surface area contributed by atoms with Crippen LogP contribution in [0.25, 0.3) is 0 Å². The molecular formula is C28H32FN3O4S. The second-order valence-corrected chi connectivity index (χ2v) is 10.9. The minimum atomic E-state index is -3.84. The number of carbonyl (C=O) groups excluding carboxylic acids is 2. The number of likely N-dealkylation sites (N-methyl/N-ethyl adjacent to an activating group) is 1. The number of halogens is 1. The van der Waals surface area contributed by atoms with Gasteiger partial charge < -0.3 is 10.2 Å². The third-order valence-electron chi connectivity index (χ3n) is 6.15. The van der Waals surface area contributed by atoms with Crippen molar-refractivity contribution in [3.63, 3.8) is 0 Å². The van der Waals surface area contributed by atoms with Gasteiger partial charge in [-0.05, 0) is 48.2 Å². The van der Waals surface area contributed by atoms with E-state index in [9.17, 15) is 22.4 Å². The number of rotatable bonds is 10. The van der Waals surface area contributed by atoms with E-state index in [1.54, 1.807) is 38.1 Å². The van der Waals surface area contributed by atoms with Gasteiger partial charge in [-0.2, -0.15) is 0 Å². The fourth-order valence-electron chi connectivity index (χ4n) is 4.28. The first-order chi connectivity index (χ1) is 17.5. The zero-order chi connectivity index (χ0) is 27.2. The Morgan fingerprint density at radius 2 is 1.49 bits per heavy atom. The summed E-state index contributed by atoms with van der Waals surface area (Å²) in [7, 11) is -2.36. The van der Waals surface area contributed by atoms with Crippen molar-refractivity contribution in [1.29, 1.82) is 0 Å². The largest absolute Gasteiger partial charge is 0.357 e. The molecule has 3 aromatic rings. The average Bonchev–Trinajstić information content (AvgIpc) is 2.86. The van der Waals surface area contributed by atoms with Crippen LogP contribution in [0.4, 0.5) is 10.1 Å². The lowest BCUT2D eigenvalue weighted by Gasteiger charge is -2.34. The predicted octanol–water partition coefficient (Wildman–Crippen LogP) is 3.59. The van der Waals surface area contributed by atoms with E-state index in [-0.39, 0.29) is 13.0 Å². The van der Waals surface area contributed by atoms with Crippen molar-refractivity contribution in [3.8, 4) is 0 Å². The molecule has 0 saturated carbocycles. The SMILES string of the molecule is CNC(=O)C(Cc1ccccc1)N(Cc1ccc(F)cc1)C(=O)CN(c1c(C)cccc1C)S(C)(=O)=O. The Morgan fingerprint density at radius 1 is 0.892 bits per heavy atom. The first-order valence-electron chi connectivity index (χ1n) is 11.8. The van der Waals surface area contributed by atoms with Gasteiger partial charge in [-0.25, -0.2) is 12.8 Å². The summed E-state index contributed by atoms with van der Waals surface area (Å²) in [5.41, 5.74) is 3.28. The van der Waals surface area contributed by atoms with Gasteiger partial charge in [0, 0.05) is 20.0 Å². The Balaban J connectivity index is 2.06. The van der Waals surface area contributed by atoms with Gasteiger partial charge in [0.2, 0.25) is 21.8 Å². The first-order valence-corrected chi connectivity index (χ1v) is 13.7. The van der Waals surface area contributed by atoms with Crippen LogP contribution in [0.2, 0.25) is 0 Å². The third kappa shape index (κ3) is 7.16. The summed E-state index contributed by atoms with van der Waals surface area (Å²) in [4.78, 5) is 28.3. The lowest BCUT2D eigenvalue weighted by atomic mass is 10.0. The Labute approximate surface area is 218 Å². The van der Waals surface area contributed by atoms with Crippen molar-refractivity contribution in [3.05, 3.63) is 101 Å². The summed E-state index contributed by atoms with van der Waals surface area (Å²) < 4.78 is 40.4. The number of carbonyl (C=O) groups is 2. The summed E-state index contributed by atoms with van der Waals surface area (Å²) in [6, 6.07) is 19.4. The maximum atomic E-state index is 13.9. The molecule has 0 fully saturated rings. The highest BCUT2D eigenvalue weighted by molar-refractivity contribution is 7.92. The van der Waals surface area contributed by atoms with Gasteiger partial charge in [0.15, 0.2) is 0 Å². The van der Waals surface area contributed by atoms with Crippen LogP contribution in [-0.2, 0) is 32.6 Å². The van der Waals surface area contributed by atoms with Gasteiger partial charge in [0.05, 0.1) is 11.9 Å². The number of nitrogens with zero attached hydrogens (tertiary/aromatic N) is 2. The van der Waals surface area contributed by atoms with Crippen LogP contribution in [0.15, 0.2) is 72.8 Å². The molecule has 0 bridgehead atoms. The Kier molecular flexibility index (Phi) is 9.04. The van der Waals surface area contributed by atoms with Gasteiger partial charge >= 0.3 is 0 Å². The minimum absolute atomic E-state index is 0.00557. The standard InChI is InChI=1S/C28H32FN3O4S/c1-20-9-8-10-21(2)27(20)32(37(4,35)36)19-26(33)31(18-23-13-15-24(29)16-14-23)25(28(34)30-3)17-22-11-6-5-7-12-22/h5-16,25H,17-19H2,1-4H3,(H,30,34). The average molecular weight is 526 g/mol. The maximum Gasteiger partial charge on any atom is 0.244 e. The van der Waals surface area contributed by atoms with Gasteiger partial charge in [-0.3, -0.25) is 13.9 Å². The lowest BCUT2D eigenvalue weighted by molar-refractivity contribution is -0.139. The zero-order valence-corrected chi connectivity index (χ0v) is 22.3. The highest BCUT2D eigenvalue weighted by Crippen LogP contribution is 2.27. The van der Waals surface area contributed by atoms with Crippen LogP contribution < -0.4 is 9.62 Å².